The van der Waals surface area contributed by atoms with E-state index in [1.165, 1.54) is 157 Å². The summed E-state index contributed by atoms with van der Waals surface area (Å²) < 4.78 is 51.2. The third-order valence-electron chi connectivity index (χ3n) is 14.7. The second-order valence-electron chi connectivity index (χ2n) is 22.0. The molecule has 0 aliphatic carbocycles. The van der Waals surface area contributed by atoms with Gasteiger partial charge >= 0.3 is 29.8 Å². The summed E-state index contributed by atoms with van der Waals surface area (Å²) in [7, 11) is 0. The zero-order valence-electron chi connectivity index (χ0n) is 51.8. The van der Waals surface area contributed by atoms with Crippen molar-refractivity contribution < 1.29 is 66.6 Å². The second kappa shape index (κ2) is 39.1. The molecule has 0 bridgehead atoms. The van der Waals surface area contributed by atoms with Crippen LogP contribution in [0, 0.1) is 0 Å². The summed E-state index contributed by atoms with van der Waals surface area (Å²) in [5.74, 6) is 1.05. The number of esters is 5. The third kappa shape index (κ3) is 25.4. The number of rotatable bonds is 41. The van der Waals surface area contributed by atoms with E-state index in [1.807, 2.05) is 0 Å². The second-order valence-corrected chi connectivity index (χ2v) is 22.0. The monoisotopic (exact) mass is 1210 g/mol. The standard InChI is InChI=1S/C75H86O14/c1-3-5-7-9-10-11-12-13-14-15-16-17-18-22-53-82-63-38-28-57(29-39-63)71(76)85-66-42-34-60(35-43-66)74(79)89-70-27-25-26-61(56-70)75(80)88-69-50-48-68(49-51-69)87-73(78)59-32-40-64(41-33-59)83-54-23-19-20-24-55-84-65-44-46-67(47-45-65)86-72(77)58-30-36-62(37-31-58)81-52-21-8-6-4-2/h25-51,56H,3-24,52-55H2,1-2H3. The number of carbonyl (C=O) groups excluding carboxylic acids is 5. The minimum atomic E-state index is -0.701. The van der Waals surface area contributed by atoms with Crippen LogP contribution in [0.1, 0.15) is 207 Å². The highest BCUT2D eigenvalue weighted by Gasteiger charge is 2.17. The van der Waals surface area contributed by atoms with Gasteiger partial charge in [0.2, 0.25) is 0 Å². The van der Waals surface area contributed by atoms with Crippen molar-refractivity contribution in [1.29, 1.82) is 0 Å². The normalized spacial score (nSPS) is 10.9. The van der Waals surface area contributed by atoms with E-state index < -0.39 is 29.8 Å². The molecule has 7 aromatic carbocycles. The number of ether oxygens (including phenoxy) is 9. The maximum Gasteiger partial charge on any atom is 0.343 e. The Labute approximate surface area is 525 Å². The minimum absolute atomic E-state index is 0.115. The highest BCUT2D eigenvalue weighted by molar-refractivity contribution is 5.95. The highest BCUT2D eigenvalue weighted by Crippen LogP contribution is 2.26. The lowest BCUT2D eigenvalue weighted by atomic mass is 10.0. The molecule has 0 fully saturated rings. The minimum Gasteiger partial charge on any atom is -0.494 e. The molecular formula is C75H86O14. The van der Waals surface area contributed by atoms with Crippen LogP contribution in [0.5, 0.6) is 51.7 Å². The average Bonchev–Trinajstić information content (AvgIpc) is 3.76. The molecule has 0 atom stereocenters. The van der Waals surface area contributed by atoms with Crippen molar-refractivity contribution in [2.45, 2.75) is 155 Å². The number of carbonyl (C=O) groups is 5. The first-order valence-electron chi connectivity index (χ1n) is 31.9. The van der Waals surface area contributed by atoms with Crippen LogP contribution in [0.3, 0.4) is 0 Å². The largest absolute Gasteiger partial charge is 0.494 e. The van der Waals surface area contributed by atoms with E-state index in [4.69, 9.17) is 42.6 Å². The Morgan fingerprint density at radius 2 is 0.438 bits per heavy atom. The van der Waals surface area contributed by atoms with Gasteiger partial charge in [-0.05, 0) is 202 Å². The fourth-order valence-electron chi connectivity index (χ4n) is 9.56. The van der Waals surface area contributed by atoms with Crippen LogP contribution in [0.15, 0.2) is 170 Å². The van der Waals surface area contributed by atoms with E-state index in [9.17, 15) is 24.0 Å². The molecule has 14 nitrogen and oxygen atoms in total. The van der Waals surface area contributed by atoms with E-state index >= 15 is 0 Å². The molecule has 7 rings (SSSR count). The van der Waals surface area contributed by atoms with Crippen molar-refractivity contribution >= 4 is 29.8 Å². The van der Waals surface area contributed by atoms with E-state index in [1.54, 1.807) is 103 Å². The summed E-state index contributed by atoms with van der Waals surface area (Å²) >= 11 is 0. The van der Waals surface area contributed by atoms with Crippen LogP contribution >= 0.6 is 0 Å². The predicted molar refractivity (Wildman–Crippen MR) is 345 cm³/mol. The summed E-state index contributed by atoms with van der Waals surface area (Å²) in [5.41, 5.74) is 1.47. The lowest BCUT2D eigenvalue weighted by molar-refractivity contribution is 0.0713. The molecule has 14 heteroatoms. The van der Waals surface area contributed by atoms with Crippen molar-refractivity contribution in [1.82, 2.24) is 0 Å². The Morgan fingerprint density at radius 1 is 0.225 bits per heavy atom. The Morgan fingerprint density at radius 3 is 0.730 bits per heavy atom. The van der Waals surface area contributed by atoms with Gasteiger partial charge in [-0.25, -0.2) is 24.0 Å². The van der Waals surface area contributed by atoms with Crippen molar-refractivity contribution in [2.24, 2.45) is 0 Å². The summed E-state index contributed by atoms with van der Waals surface area (Å²) in [5, 5.41) is 0. The maximum absolute atomic E-state index is 13.1. The van der Waals surface area contributed by atoms with Crippen LogP contribution in [0.4, 0.5) is 0 Å². The molecule has 0 unspecified atom stereocenters. The molecule has 7 aromatic rings. The molecule has 0 aliphatic heterocycles. The summed E-state index contributed by atoms with van der Waals surface area (Å²) in [6.07, 6.45) is 26.4. The van der Waals surface area contributed by atoms with Crippen molar-refractivity contribution in [3.63, 3.8) is 0 Å². The Bertz CT molecular complexity index is 3190. The van der Waals surface area contributed by atoms with Crippen LogP contribution in [0.2, 0.25) is 0 Å². The molecule has 0 radical (unpaired) electrons. The predicted octanol–water partition coefficient (Wildman–Crippen LogP) is 18.6. The van der Waals surface area contributed by atoms with Gasteiger partial charge in [0.25, 0.3) is 0 Å². The van der Waals surface area contributed by atoms with Gasteiger partial charge in [0.05, 0.1) is 54.2 Å². The molecule has 470 valence electrons. The van der Waals surface area contributed by atoms with E-state index in [-0.39, 0.29) is 34.1 Å². The zero-order valence-corrected chi connectivity index (χ0v) is 51.8. The molecule has 89 heavy (non-hydrogen) atoms. The van der Waals surface area contributed by atoms with E-state index in [0.29, 0.717) is 66.1 Å². The summed E-state index contributed by atoms with van der Waals surface area (Å²) in [4.78, 5) is 64.7. The van der Waals surface area contributed by atoms with E-state index in [0.717, 1.165) is 57.1 Å². The van der Waals surface area contributed by atoms with Gasteiger partial charge in [-0.1, -0.05) is 123 Å². The molecular weight excluding hydrogens is 1120 g/mol. The van der Waals surface area contributed by atoms with Crippen LogP contribution < -0.4 is 42.6 Å². The lowest BCUT2D eigenvalue weighted by Gasteiger charge is -2.10. The van der Waals surface area contributed by atoms with Crippen molar-refractivity contribution in [3.8, 4) is 51.7 Å². The third-order valence-corrected chi connectivity index (χ3v) is 14.7. The van der Waals surface area contributed by atoms with Gasteiger partial charge in [-0.15, -0.1) is 0 Å². The van der Waals surface area contributed by atoms with E-state index in [2.05, 4.69) is 13.8 Å². The van der Waals surface area contributed by atoms with Gasteiger partial charge in [0, 0.05) is 0 Å². The number of benzene rings is 7. The van der Waals surface area contributed by atoms with Gasteiger partial charge in [-0.2, -0.15) is 0 Å². The maximum atomic E-state index is 13.1. The SMILES string of the molecule is CCCCCCCCCCCCCCCCOc1ccc(C(=O)Oc2ccc(C(=O)Oc3cccc(C(=O)Oc4ccc(OC(=O)c5ccc(OCCCCCCOc6ccc(OC(=O)c7ccc(OCCCCCC)cc7)cc6)cc5)cc4)c3)cc2)cc1. The topological polar surface area (TPSA) is 168 Å². The van der Waals surface area contributed by atoms with Crippen molar-refractivity contribution in [2.75, 3.05) is 26.4 Å². The molecule has 0 amide bonds. The van der Waals surface area contributed by atoms with Crippen LogP contribution in [-0.4, -0.2) is 56.3 Å². The Hall–Kier alpha value is -8.91. The number of unbranched alkanes of at least 4 members (excludes halogenated alkanes) is 19. The zero-order chi connectivity index (χ0) is 62.5. The molecule has 0 heterocycles. The number of hydrogen-bond donors (Lipinski definition) is 0. The van der Waals surface area contributed by atoms with Gasteiger partial charge in [0.15, 0.2) is 0 Å². The summed E-state index contributed by atoms with van der Waals surface area (Å²) in [6.45, 7) is 6.80. The smallest absolute Gasteiger partial charge is 0.343 e. The average molecular weight is 1210 g/mol. The van der Waals surface area contributed by atoms with Crippen molar-refractivity contribution in [3.05, 3.63) is 198 Å². The fourth-order valence-corrected chi connectivity index (χ4v) is 9.56. The first-order chi connectivity index (χ1) is 43.6. The molecule has 0 spiro atoms. The number of hydrogen-bond acceptors (Lipinski definition) is 14. The molecule has 0 aliphatic rings. The highest BCUT2D eigenvalue weighted by atomic mass is 16.6. The molecule has 0 saturated carbocycles. The molecule has 0 saturated heterocycles. The van der Waals surface area contributed by atoms with Crippen LogP contribution in [0.25, 0.3) is 0 Å². The first kappa shape index (κ1) is 67.6. The molecule has 0 N–H and O–H groups in total. The summed E-state index contributed by atoms with van der Waals surface area (Å²) in [6, 6.07) is 45.5. The Kier molecular flexibility index (Phi) is 29.7. The van der Waals surface area contributed by atoms with Gasteiger partial charge in [-0.3, -0.25) is 0 Å². The van der Waals surface area contributed by atoms with Gasteiger partial charge in [0.1, 0.15) is 51.7 Å². The quantitative estimate of drug-likeness (QED) is 0.0202. The molecule has 0 aromatic heterocycles. The lowest BCUT2D eigenvalue weighted by Crippen LogP contribution is -2.12. The fraction of sp³-hybridized carbons (Fsp3) is 0.373. The Balaban J connectivity index is 0.716. The van der Waals surface area contributed by atoms with Crippen LogP contribution in [-0.2, 0) is 0 Å². The first-order valence-corrected chi connectivity index (χ1v) is 31.9. The van der Waals surface area contributed by atoms with Gasteiger partial charge < -0.3 is 42.6 Å².